The molecule has 0 atom stereocenters. The molecule has 2 heterocycles. The molecule has 0 spiro atoms. The van der Waals surface area contributed by atoms with E-state index < -0.39 is 24.7 Å². The minimum atomic E-state index is -3.20. The number of pyridine rings is 1. The van der Waals surface area contributed by atoms with Crippen molar-refractivity contribution in [1.82, 2.24) is 15.0 Å². The first-order chi connectivity index (χ1) is 14.3. The monoisotopic (exact) mass is 447 g/mol. The van der Waals surface area contributed by atoms with Gasteiger partial charge in [-0.2, -0.15) is 17.6 Å². The first-order valence-electron chi connectivity index (χ1n) is 8.45. The smallest absolute Gasteiger partial charge is 0.387 e. The number of methoxy groups -OCH3 is 2. The van der Waals surface area contributed by atoms with E-state index >= 15 is 0 Å². The Morgan fingerprint density at radius 1 is 1.00 bits per heavy atom. The number of hydrogen-bond acceptors (Lipinski definition) is 7. The summed E-state index contributed by atoms with van der Waals surface area (Å²) in [6.07, 6.45) is 1.65. The molecule has 0 unspecified atom stereocenters. The highest BCUT2D eigenvalue weighted by molar-refractivity contribution is 7.98. The maximum absolute atomic E-state index is 12.6. The number of ether oxygens (including phenoxy) is 4. The van der Waals surface area contributed by atoms with E-state index in [1.165, 1.54) is 26.0 Å². The Labute approximate surface area is 172 Å². The Kier molecular flexibility index (Phi) is 6.75. The molecule has 0 amide bonds. The molecular formula is C18H17F4N3O4S. The SMILES string of the molecule is COc1c(C)cnc(CSc2nc3cc(OC(F)F)c(OC(F)F)cc3[nH]2)c1OC. The Balaban J connectivity index is 1.87. The van der Waals surface area contributed by atoms with Crippen molar-refractivity contribution in [2.24, 2.45) is 0 Å². The number of aromatic nitrogens is 3. The van der Waals surface area contributed by atoms with Gasteiger partial charge >= 0.3 is 13.2 Å². The molecule has 0 aliphatic heterocycles. The highest BCUT2D eigenvalue weighted by Crippen LogP contribution is 2.37. The maximum Gasteiger partial charge on any atom is 0.387 e. The van der Waals surface area contributed by atoms with Crippen LogP contribution in [0.3, 0.4) is 0 Å². The van der Waals surface area contributed by atoms with Gasteiger partial charge in [0, 0.05) is 29.6 Å². The lowest BCUT2D eigenvalue weighted by atomic mass is 10.2. The molecule has 30 heavy (non-hydrogen) atoms. The van der Waals surface area contributed by atoms with E-state index in [0.29, 0.717) is 33.6 Å². The molecule has 3 rings (SSSR count). The van der Waals surface area contributed by atoms with E-state index in [4.69, 9.17) is 9.47 Å². The van der Waals surface area contributed by atoms with Crippen LogP contribution in [0.15, 0.2) is 23.5 Å². The molecule has 0 radical (unpaired) electrons. The van der Waals surface area contributed by atoms with Gasteiger partial charge in [0.2, 0.25) is 0 Å². The number of hydrogen-bond donors (Lipinski definition) is 1. The van der Waals surface area contributed by atoms with Gasteiger partial charge in [-0.1, -0.05) is 11.8 Å². The molecule has 0 fully saturated rings. The average Bonchev–Trinajstić information content (AvgIpc) is 3.07. The third kappa shape index (κ3) is 4.81. The average molecular weight is 447 g/mol. The molecule has 12 heteroatoms. The van der Waals surface area contributed by atoms with Crippen molar-refractivity contribution in [3.05, 3.63) is 29.6 Å². The van der Waals surface area contributed by atoms with E-state index in [-0.39, 0.29) is 5.52 Å². The van der Waals surface area contributed by atoms with Crippen molar-refractivity contribution >= 4 is 22.8 Å². The second-order valence-corrected chi connectivity index (χ2v) is 6.82. The summed E-state index contributed by atoms with van der Waals surface area (Å²) in [4.78, 5) is 11.5. The number of halogens is 4. The van der Waals surface area contributed by atoms with Gasteiger partial charge in [0.1, 0.15) is 0 Å². The Hall–Kier alpha value is -2.89. The summed E-state index contributed by atoms with van der Waals surface area (Å²) in [7, 11) is 3.03. The van der Waals surface area contributed by atoms with E-state index in [9.17, 15) is 17.6 Å². The number of nitrogens with zero attached hydrogens (tertiary/aromatic N) is 2. The van der Waals surface area contributed by atoms with Gasteiger partial charge in [-0.3, -0.25) is 4.98 Å². The molecule has 2 aromatic heterocycles. The summed E-state index contributed by atoms with van der Waals surface area (Å²) >= 11 is 1.25. The zero-order valence-electron chi connectivity index (χ0n) is 16.0. The second-order valence-electron chi connectivity index (χ2n) is 5.86. The molecule has 1 N–H and O–H groups in total. The van der Waals surface area contributed by atoms with Crippen molar-refractivity contribution in [3.8, 4) is 23.0 Å². The number of thioether (sulfide) groups is 1. The summed E-state index contributed by atoms with van der Waals surface area (Å²) in [6.45, 7) is -4.57. The van der Waals surface area contributed by atoms with E-state index in [1.807, 2.05) is 6.92 Å². The van der Waals surface area contributed by atoms with Gasteiger partial charge in [0.05, 0.1) is 30.9 Å². The first kappa shape index (κ1) is 21.8. The van der Waals surface area contributed by atoms with Crippen LogP contribution in [0, 0.1) is 6.92 Å². The number of imidazole rings is 1. The molecule has 3 aromatic rings. The number of fused-ring (bicyclic) bond motifs is 1. The lowest BCUT2D eigenvalue weighted by Gasteiger charge is -2.13. The fourth-order valence-corrected chi connectivity index (χ4v) is 3.57. The Morgan fingerprint density at radius 2 is 1.63 bits per heavy atom. The fourth-order valence-electron chi connectivity index (χ4n) is 2.74. The van der Waals surface area contributed by atoms with Crippen molar-refractivity contribution in [3.63, 3.8) is 0 Å². The first-order valence-corrected chi connectivity index (χ1v) is 9.43. The van der Waals surface area contributed by atoms with Crippen molar-refractivity contribution in [2.45, 2.75) is 31.1 Å². The van der Waals surface area contributed by atoms with Gasteiger partial charge in [-0.05, 0) is 6.92 Å². The normalized spacial score (nSPS) is 11.4. The molecule has 0 aliphatic carbocycles. The Morgan fingerprint density at radius 3 is 2.23 bits per heavy atom. The van der Waals surface area contributed by atoms with Crippen molar-refractivity contribution in [1.29, 1.82) is 0 Å². The van der Waals surface area contributed by atoms with E-state index in [1.54, 1.807) is 6.20 Å². The molecule has 0 saturated carbocycles. The standard InChI is InChI=1S/C18H17F4N3O4S/c1-8-6-23-11(15(27-3)14(8)26-2)7-30-18-24-9-4-12(28-16(19)20)13(29-17(21)22)5-10(9)25-18/h4-6,16-17H,7H2,1-3H3,(H,24,25). The van der Waals surface area contributed by atoms with Crippen molar-refractivity contribution in [2.75, 3.05) is 14.2 Å². The second kappa shape index (κ2) is 9.28. The van der Waals surface area contributed by atoms with Crippen LogP contribution in [0.4, 0.5) is 17.6 Å². The van der Waals surface area contributed by atoms with Gasteiger partial charge in [0.25, 0.3) is 0 Å². The van der Waals surface area contributed by atoms with E-state index in [0.717, 1.165) is 17.7 Å². The molecule has 162 valence electrons. The number of benzene rings is 1. The lowest BCUT2D eigenvalue weighted by Crippen LogP contribution is -2.07. The molecule has 7 nitrogen and oxygen atoms in total. The lowest BCUT2D eigenvalue weighted by molar-refractivity contribution is -0.0690. The van der Waals surface area contributed by atoms with Crippen LogP contribution < -0.4 is 18.9 Å². The minimum absolute atomic E-state index is 0.246. The highest BCUT2D eigenvalue weighted by atomic mass is 32.2. The summed E-state index contributed by atoms with van der Waals surface area (Å²) in [5.74, 6) is 0.342. The summed E-state index contributed by atoms with van der Waals surface area (Å²) < 4.78 is 69.6. The van der Waals surface area contributed by atoms with Crippen LogP contribution in [0.2, 0.25) is 0 Å². The van der Waals surface area contributed by atoms with Crippen LogP contribution in [-0.4, -0.2) is 42.4 Å². The minimum Gasteiger partial charge on any atom is -0.492 e. The van der Waals surface area contributed by atoms with Crippen LogP contribution >= 0.6 is 11.8 Å². The van der Waals surface area contributed by atoms with Gasteiger partial charge in [0.15, 0.2) is 28.2 Å². The molecule has 0 aliphatic rings. The zero-order chi connectivity index (χ0) is 21.8. The zero-order valence-corrected chi connectivity index (χ0v) is 16.9. The van der Waals surface area contributed by atoms with Gasteiger partial charge in [-0.15, -0.1) is 0 Å². The van der Waals surface area contributed by atoms with Crippen LogP contribution in [0.25, 0.3) is 11.0 Å². The summed E-state index contributed by atoms with van der Waals surface area (Å²) in [6, 6.07) is 2.23. The Bertz CT molecular complexity index is 985. The quantitative estimate of drug-likeness (QED) is 0.374. The fraction of sp³-hybridized carbons (Fsp3) is 0.333. The molecule has 0 bridgehead atoms. The summed E-state index contributed by atoms with van der Waals surface area (Å²) in [5.41, 5.74) is 1.98. The third-order valence-electron chi connectivity index (χ3n) is 3.95. The molecule has 1 aromatic carbocycles. The number of H-pyrrole nitrogens is 1. The maximum atomic E-state index is 12.6. The highest BCUT2D eigenvalue weighted by Gasteiger charge is 2.19. The van der Waals surface area contributed by atoms with Gasteiger partial charge < -0.3 is 23.9 Å². The van der Waals surface area contributed by atoms with Crippen molar-refractivity contribution < 1.29 is 36.5 Å². The summed E-state index contributed by atoms with van der Waals surface area (Å²) in [5, 5.41) is 0.408. The van der Waals surface area contributed by atoms with Gasteiger partial charge in [-0.25, -0.2) is 4.98 Å². The molecular weight excluding hydrogens is 430 g/mol. The number of aromatic amines is 1. The number of nitrogens with one attached hydrogen (secondary N) is 1. The number of aryl methyl sites for hydroxylation is 1. The van der Waals surface area contributed by atoms with Crippen LogP contribution in [0.5, 0.6) is 23.0 Å². The number of rotatable bonds is 9. The van der Waals surface area contributed by atoms with E-state index in [2.05, 4.69) is 24.4 Å². The van der Waals surface area contributed by atoms with Crippen LogP contribution in [0.1, 0.15) is 11.3 Å². The largest absolute Gasteiger partial charge is 0.492 e. The number of alkyl halides is 4. The topological polar surface area (TPSA) is 78.5 Å². The predicted molar refractivity (Wildman–Crippen MR) is 101 cm³/mol. The molecule has 0 saturated heterocycles. The van der Waals surface area contributed by atoms with Crippen LogP contribution in [-0.2, 0) is 5.75 Å². The third-order valence-corrected chi connectivity index (χ3v) is 4.84. The predicted octanol–water partition coefficient (Wildman–Crippen LogP) is 4.78.